The molecule has 0 nitrogen and oxygen atoms in total. The molecular weight excluding hydrogens is 234 g/mol. The molecule has 0 N–H and O–H groups in total. The minimum Gasteiger partial charge on any atom is -0.122 e. The molecule has 0 saturated carbocycles. The van der Waals surface area contributed by atoms with Crippen LogP contribution in [0.1, 0.15) is 12.8 Å². The van der Waals surface area contributed by atoms with Crippen molar-refractivity contribution < 1.29 is 0 Å². The summed E-state index contributed by atoms with van der Waals surface area (Å²) in [6, 6.07) is 0. The van der Waals surface area contributed by atoms with E-state index in [1.165, 1.54) is 17.3 Å². The summed E-state index contributed by atoms with van der Waals surface area (Å²) in [4.78, 5) is 0. The maximum atomic E-state index is 5.39. The fourth-order valence-corrected chi connectivity index (χ4v) is 0.942. The van der Waals surface area contributed by atoms with Crippen LogP contribution in [0.4, 0.5) is 0 Å². The number of hydrogen-bond acceptors (Lipinski definition) is 0. The Hall–Kier alpha value is 0.760. The Balaban J connectivity index is 2.80. The third-order valence-electron chi connectivity index (χ3n) is 0.760. The Bertz CT molecular complexity index is 61.5. The first-order valence-electron chi connectivity index (χ1n) is 2.68. The summed E-state index contributed by atoms with van der Waals surface area (Å²) in [6.07, 6.45) is 6.57. The van der Waals surface area contributed by atoms with E-state index in [9.17, 15) is 0 Å². The third-order valence-corrected chi connectivity index (χ3v) is 1.70. The Morgan fingerprint density at radius 3 is 2.62 bits per heavy atom. The van der Waals surface area contributed by atoms with Gasteiger partial charge in [0.15, 0.2) is 0 Å². The maximum absolute atomic E-state index is 5.39. The Kier molecular flexibility index (Phi) is 8.50. The molecule has 0 amide bonds. The molecule has 0 aliphatic carbocycles. The van der Waals surface area contributed by atoms with Crippen LogP contribution >= 0.6 is 34.2 Å². The first-order chi connectivity index (χ1) is 3.91. The van der Waals surface area contributed by atoms with Crippen LogP contribution in [0.3, 0.4) is 0 Å². The fourth-order valence-electron chi connectivity index (χ4n) is 0.376. The molecule has 0 saturated heterocycles. The van der Waals surface area contributed by atoms with Crippen LogP contribution in [-0.2, 0) is 0 Å². The second kappa shape index (κ2) is 7.76. The van der Waals surface area contributed by atoms with Crippen molar-refractivity contribution in [3.63, 3.8) is 0 Å². The molecule has 0 aromatic carbocycles. The number of halogens is 2. The average Bonchev–Trinajstić information content (AvgIpc) is 1.81. The topological polar surface area (TPSA) is 0 Å². The molecule has 0 aromatic heterocycles. The van der Waals surface area contributed by atoms with E-state index in [1.807, 2.05) is 6.08 Å². The van der Waals surface area contributed by atoms with Gasteiger partial charge in [0.1, 0.15) is 0 Å². The van der Waals surface area contributed by atoms with Crippen molar-refractivity contribution >= 4 is 34.2 Å². The molecule has 0 rings (SSSR count). The molecule has 48 valence electrons. The van der Waals surface area contributed by atoms with Crippen molar-refractivity contribution in [2.45, 2.75) is 12.8 Å². The van der Waals surface area contributed by atoms with Crippen LogP contribution in [0.5, 0.6) is 0 Å². The first-order valence-corrected chi connectivity index (χ1v) is 4.74. The predicted molar refractivity (Wildman–Crippen MR) is 48.0 cm³/mol. The van der Waals surface area contributed by atoms with E-state index in [1.54, 1.807) is 0 Å². The molecular formula is C6H10ClI. The van der Waals surface area contributed by atoms with E-state index in [4.69, 9.17) is 11.6 Å². The standard InChI is InChI=1S/C6H10ClI/c7-5-3-1-2-4-6-8/h1,3H,2,4-6H2. The number of allylic oxidation sites excluding steroid dienone is 2. The highest BCUT2D eigenvalue weighted by Gasteiger charge is 1.76. The molecule has 0 aliphatic heterocycles. The van der Waals surface area contributed by atoms with Gasteiger partial charge in [-0.15, -0.1) is 11.6 Å². The third kappa shape index (κ3) is 6.76. The van der Waals surface area contributed by atoms with Gasteiger partial charge in [-0.3, -0.25) is 0 Å². The van der Waals surface area contributed by atoms with Gasteiger partial charge in [0.05, 0.1) is 0 Å². The van der Waals surface area contributed by atoms with Gasteiger partial charge in [0.2, 0.25) is 0 Å². The lowest BCUT2D eigenvalue weighted by Crippen LogP contribution is -1.69. The van der Waals surface area contributed by atoms with Gasteiger partial charge in [0, 0.05) is 5.88 Å². The molecule has 0 unspecified atom stereocenters. The smallest absolute Gasteiger partial charge is 0.0404 e. The molecule has 8 heavy (non-hydrogen) atoms. The SMILES string of the molecule is ClCC=CCCCI. The highest BCUT2D eigenvalue weighted by Crippen LogP contribution is 1.95. The molecule has 0 bridgehead atoms. The van der Waals surface area contributed by atoms with Crippen LogP contribution < -0.4 is 0 Å². The van der Waals surface area contributed by atoms with E-state index in [2.05, 4.69) is 28.7 Å². The van der Waals surface area contributed by atoms with Gasteiger partial charge in [0.25, 0.3) is 0 Å². The first kappa shape index (κ1) is 8.76. The normalized spacial score (nSPS) is 10.8. The molecule has 0 atom stereocenters. The number of rotatable bonds is 4. The Morgan fingerprint density at radius 2 is 2.12 bits per heavy atom. The summed E-state index contributed by atoms with van der Waals surface area (Å²) < 4.78 is 1.24. The van der Waals surface area contributed by atoms with Crippen LogP contribution in [-0.4, -0.2) is 10.3 Å². The summed E-state index contributed by atoms with van der Waals surface area (Å²) in [6.45, 7) is 0. The van der Waals surface area contributed by atoms with Crippen molar-refractivity contribution in [2.75, 3.05) is 10.3 Å². The maximum Gasteiger partial charge on any atom is 0.0404 e. The van der Waals surface area contributed by atoms with E-state index >= 15 is 0 Å². The summed E-state index contributed by atoms with van der Waals surface area (Å²) in [5.41, 5.74) is 0. The second-order valence-electron chi connectivity index (χ2n) is 1.46. The van der Waals surface area contributed by atoms with Gasteiger partial charge < -0.3 is 0 Å². The molecule has 2 heteroatoms. The number of hydrogen-bond donors (Lipinski definition) is 0. The molecule has 0 heterocycles. The largest absolute Gasteiger partial charge is 0.122 e. The quantitative estimate of drug-likeness (QED) is 0.309. The fraction of sp³-hybridized carbons (Fsp3) is 0.667. The van der Waals surface area contributed by atoms with Gasteiger partial charge in [-0.1, -0.05) is 34.7 Å². The average molecular weight is 245 g/mol. The molecule has 0 spiro atoms. The van der Waals surface area contributed by atoms with E-state index in [0.717, 1.165) is 0 Å². The second-order valence-corrected chi connectivity index (χ2v) is 2.84. The van der Waals surface area contributed by atoms with Crippen molar-refractivity contribution in [3.05, 3.63) is 12.2 Å². The van der Waals surface area contributed by atoms with E-state index < -0.39 is 0 Å². The van der Waals surface area contributed by atoms with Crippen molar-refractivity contribution in [3.8, 4) is 0 Å². The van der Waals surface area contributed by atoms with Crippen molar-refractivity contribution in [1.29, 1.82) is 0 Å². The summed E-state index contributed by atoms with van der Waals surface area (Å²) >= 11 is 7.76. The van der Waals surface area contributed by atoms with Gasteiger partial charge in [-0.25, -0.2) is 0 Å². The van der Waals surface area contributed by atoms with E-state index in [0.29, 0.717) is 5.88 Å². The monoisotopic (exact) mass is 244 g/mol. The zero-order valence-electron chi connectivity index (χ0n) is 4.74. The Morgan fingerprint density at radius 1 is 1.38 bits per heavy atom. The zero-order chi connectivity index (χ0) is 6.24. The number of unbranched alkanes of at least 4 members (excludes halogenated alkanes) is 1. The van der Waals surface area contributed by atoms with Crippen molar-refractivity contribution in [1.82, 2.24) is 0 Å². The Labute approximate surface area is 69.4 Å². The van der Waals surface area contributed by atoms with E-state index in [-0.39, 0.29) is 0 Å². The molecule has 0 aliphatic rings. The van der Waals surface area contributed by atoms with Crippen LogP contribution in [0.15, 0.2) is 12.2 Å². The minimum atomic E-state index is 0.654. The highest BCUT2D eigenvalue weighted by molar-refractivity contribution is 14.1. The lowest BCUT2D eigenvalue weighted by atomic mass is 10.3. The molecule has 0 aromatic rings. The molecule has 0 radical (unpaired) electrons. The van der Waals surface area contributed by atoms with Crippen molar-refractivity contribution in [2.24, 2.45) is 0 Å². The zero-order valence-corrected chi connectivity index (χ0v) is 7.65. The van der Waals surface area contributed by atoms with Gasteiger partial charge >= 0.3 is 0 Å². The lowest BCUT2D eigenvalue weighted by Gasteiger charge is -1.83. The lowest BCUT2D eigenvalue weighted by molar-refractivity contribution is 0.985. The minimum absolute atomic E-state index is 0.654. The summed E-state index contributed by atoms with van der Waals surface area (Å²) in [5, 5.41) is 0. The van der Waals surface area contributed by atoms with Gasteiger partial charge in [-0.05, 0) is 17.3 Å². The summed E-state index contributed by atoms with van der Waals surface area (Å²) in [5.74, 6) is 0.654. The summed E-state index contributed by atoms with van der Waals surface area (Å²) in [7, 11) is 0. The van der Waals surface area contributed by atoms with Crippen LogP contribution in [0.25, 0.3) is 0 Å². The predicted octanol–water partition coefficient (Wildman–Crippen LogP) is 3.00. The highest BCUT2D eigenvalue weighted by atomic mass is 127. The van der Waals surface area contributed by atoms with Crippen LogP contribution in [0, 0.1) is 0 Å². The van der Waals surface area contributed by atoms with Gasteiger partial charge in [-0.2, -0.15) is 0 Å². The van der Waals surface area contributed by atoms with Crippen LogP contribution in [0.2, 0.25) is 0 Å². The number of alkyl halides is 2. The molecule has 0 fully saturated rings.